The standard InChI is InChI=1S/C20H25N3O/c24-20(21-15-17-9-3-1-4-10-17)22-19(16-23-13-7-8-14-23)18-11-5-2-6-12-18/h1-6,9-12,19H,7-8,13-16H2,(H2,21,22,24)/t19-/m0/s1. The van der Waals surface area contributed by atoms with Crippen LogP contribution >= 0.6 is 0 Å². The van der Waals surface area contributed by atoms with E-state index in [9.17, 15) is 4.79 Å². The van der Waals surface area contributed by atoms with E-state index in [0.717, 1.165) is 30.8 Å². The average molecular weight is 323 g/mol. The lowest BCUT2D eigenvalue weighted by atomic mass is 10.1. The molecule has 0 unspecified atom stereocenters. The van der Waals surface area contributed by atoms with Gasteiger partial charge in [0.05, 0.1) is 6.04 Å². The zero-order valence-corrected chi connectivity index (χ0v) is 13.9. The van der Waals surface area contributed by atoms with E-state index in [-0.39, 0.29) is 12.1 Å². The molecule has 1 saturated heterocycles. The van der Waals surface area contributed by atoms with Crippen molar-refractivity contribution in [3.05, 3.63) is 71.8 Å². The van der Waals surface area contributed by atoms with E-state index in [1.807, 2.05) is 48.5 Å². The third-order valence-corrected chi connectivity index (χ3v) is 4.44. The molecule has 2 N–H and O–H groups in total. The van der Waals surface area contributed by atoms with Crippen LogP contribution in [0, 0.1) is 0 Å². The van der Waals surface area contributed by atoms with Crippen molar-refractivity contribution in [3.63, 3.8) is 0 Å². The molecule has 1 aliphatic heterocycles. The van der Waals surface area contributed by atoms with Crippen LogP contribution in [-0.4, -0.2) is 30.6 Å². The Morgan fingerprint density at radius 3 is 2.25 bits per heavy atom. The van der Waals surface area contributed by atoms with Gasteiger partial charge in [-0.15, -0.1) is 0 Å². The van der Waals surface area contributed by atoms with Crippen LogP contribution in [0.5, 0.6) is 0 Å². The highest BCUT2D eigenvalue weighted by molar-refractivity contribution is 5.74. The molecule has 0 spiro atoms. The predicted molar refractivity (Wildman–Crippen MR) is 96.7 cm³/mol. The fourth-order valence-electron chi connectivity index (χ4n) is 3.13. The monoisotopic (exact) mass is 323 g/mol. The van der Waals surface area contributed by atoms with E-state index in [0.29, 0.717) is 6.54 Å². The van der Waals surface area contributed by atoms with E-state index in [2.05, 4.69) is 27.7 Å². The minimum atomic E-state index is -0.119. The number of likely N-dealkylation sites (tertiary alicyclic amines) is 1. The van der Waals surface area contributed by atoms with Crippen LogP contribution in [0.2, 0.25) is 0 Å². The van der Waals surface area contributed by atoms with E-state index in [1.165, 1.54) is 12.8 Å². The number of nitrogens with one attached hydrogen (secondary N) is 2. The van der Waals surface area contributed by atoms with E-state index >= 15 is 0 Å². The summed E-state index contributed by atoms with van der Waals surface area (Å²) < 4.78 is 0. The molecule has 0 aromatic heterocycles. The Morgan fingerprint density at radius 2 is 1.58 bits per heavy atom. The van der Waals surface area contributed by atoms with Crippen LogP contribution in [0.3, 0.4) is 0 Å². The molecule has 1 aliphatic rings. The number of urea groups is 1. The van der Waals surface area contributed by atoms with Crippen molar-refractivity contribution in [2.45, 2.75) is 25.4 Å². The van der Waals surface area contributed by atoms with E-state index in [4.69, 9.17) is 0 Å². The molecule has 1 atom stereocenters. The molecular weight excluding hydrogens is 298 g/mol. The van der Waals surface area contributed by atoms with Gasteiger partial charge in [0, 0.05) is 13.1 Å². The highest BCUT2D eigenvalue weighted by Crippen LogP contribution is 2.17. The molecular formula is C20H25N3O. The molecule has 24 heavy (non-hydrogen) atoms. The molecule has 1 fully saturated rings. The van der Waals surface area contributed by atoms with Gasteiger partial charge in [-0.2, -0.15) is 0 Å². The second-order valence-electron chi connectivity index (χ2n) is 6.28. The first-order chi connectivity index (χ1) is 11.8. The zero-order chi connectivity index (χ0) is 16.6. The number of carbonyl (C=O) groups is 1. The number of hydrogen-bond donors (Lipinski definition) is 2. The summed E-state index contributed by atoms with van der Waals surface area (Å²) in [5.41, 5.74) is 2.25. The molecule has 0 saturated carbocycles. The molecule has 2 aromatic rings. The van der Waals surface area contributed by atoms with Gasteiger partial charge in [-0.25, -0.2) is 4.79 Å². The lowest BCUT2D eigenvalue weighted by molar-refractivity contribution is 0.229. The van der Waals surface area contributed by atoms with Gasteiger partial charge in [0.15, 0.2) is 0 Å². The second-order valence-corrected chi connectivity index (χ2v) is 6.28. The summed E-state index contributed by atoms with van der Waals surface area (Å²) in [5.74, 6) is 0. The number of amides is 2. The highest BCUT2D eigenvalue weighted by Gasteiger charge is 2.20. The first-order valence-corrected chi connectivity index (χ1v) is 8.67. The van der Waals surface area contributed by atoms with Gasteiger partial charge < -0.3 is 15.5 Å². The van der Waals surface area contributed by atoms with Crippen LogP contribution in [0.15, 0.2) is 60.7 Å². The quantitative estimate of drug-likeness (QED) is 0.856. The number of rotatable bonds is 6. The molecule has 126 valence electrons. The SMILES string of the molecule is O=C(NCc1ccccc1)N[C@@H](CN1CCCC1)c1ccccc1. The van der Waals surface area contributed by atoms with Crippen molar-refractivity contribution in [3.8, 4) is 0 Å². The summed E-state index contributed by atoms with van der Waals surface area (Å²) in [6.45, 7) is 3.65. The van der Waals surface area contributed by atoms with Crippen LogP contribution in [0.25, 0.3) is 0 Å². The largest absolute Gasteiger partial charge is 0.334 e. The van der Waals surface area contributed by atoms with Gasteiger partial charge in [-0.1, -0.05) is 60.7 Å². The van der Waals surface area contributed by atoms with Crippen molar-refractivity contribution in [2.24, 2.45) is 0 Å². The van der Waals surface area contributed by atoms with Gasteiger partial charge in [0.25, 0.3) is 0 Å². The van der Waals surface area contributed by atoms with Crippen molar-refractivity contribution < 1.29 is 4.79 Å². The van der Waals surface area contributed by atoms with Crippen molar-refractivity contribution in [2.75, 3.05) is 19.6 Å². The summed E-state index contributed by atoms with van der Waals surface area (Å²) in [6, 6.07) is 20.1. The van der Waals surface area contributed by atoms with Crippen LogP contribution in [-0.2, 0) is 6.54 Å². The van der Waals surface area contributed by atoms with Crippen molar-refractivity contribution >= 4 is 6.03 Å². The van der Waals surface area contributed by atoms with Gasteiger partial charge in [-0.3, -0.25) is 0 Å². The molecule has 1 heterocycles. The summed E-state index contributed by atoms with van der Waals surface area (Å²) in [6.07, 6.45) is 2.50. The Balaban J connectivity index is 1.59. The third-order valence-electron chi connectivity index (χ3n) is 4.44. The van der Waals surface area contributed by atoms with Crippen LogP contribution in [0.1, 0.15) is 30.0 Å². The summed E-state index contributed by atoms with van der Waals surface area (Å²) in [7, 11) is 0. The van der Waals surface area contributed by atoms with Crippen molar-refractivity contribution in [1.29, 1.82) is 0 Å². The lowest BCUT2D eigenvalue weighted by Gasteiger charge is -2.25. The summed E-state index contributed by atoms with van der Waals surface area (Å²) in [4.78, 5) is 14.8. The second kappa shape index (κ2) is 8.50. The highest BCUT2D eigenvalue weighted by atomic mass is 16.2. The molecule has 4 heteroatoms. The number of benzene rings is 2. The van der Waals surface area contributed by atoms with Gasteiger partial charge in [0.1, 0.15) is 0 Å². The minimum Gasteiger partial charge on any atom is -0.334 e. The zero-order valence-electron chi connectivity index (χ0n) is 13.9. The molecule has 2 amide bonds. The lowest BCUT2D eigenvalue weighted by Crippen LogP contribution is -2.42. The number of hydrogen-bond acceptors (Lipinski definition) is 2. The van der Waals surface area contributed by atoms with Gasteiger partial charge >= 0.3 is 6.03 Å². The van der Waals surface area contributed by atoms with Gasteiger partial charge in [-0.05, 0) is 37.1 Å². The molecule has 0 radical (unpaired) electrons. The average Bonchev–Trinajstić information content (AvgIpc) is 3.14. The maximum absolute atomic E-state index is 12.3. The molecule has 0 bridgehead atoms. The topological polar surface area (TPSA) is 44.4 Å². The fraction of sp³-hybridized carbons (Fsp3) is 0.350. The number of carbonyl (C=O) groups excluding carboxylic acids is 1. The third kappa shape index (κ3) is 4.83. The fourth-order valence-corrected chi connectivity index (χ4v) is 3.13. The minimum absolute atomic E-state index is 0.0140. The summed E-state index contributed by atoms with van der Waals surface area (Å²) in [5, 5.41) is 6.09. The maximum atomic E-state index is 12.3. The first kappa shape index (κ1) is 16.5. The maximum Gasteiger partial charge on any atom is 0.315 e. The Morgan fingerprint density at radius 1 is 0.958 bits per heavy atom. The summed E-state index contributed by atoms with van der Waals surface area (Å²) >= 11 is 0. The number of nitrogens with zero attached hydrogens (tertiary/aromatic N) is 1. The molecule has 3 rings (SSSR count). The Labute approximate surface area is 143 Å². The first-order valence-electron chi connectivity index (χ1n) is 8.67. The van der Waals surface area contributed by atoms with Crippen LogP contribution in [0.4, 0.5) is 4.79 Å². The van der Waals surface area contributed by atoms with E-state index in [1.54, 1.807) is 0 Å². The Hall–Kier alpha value is -2.33. The Bertz CT molecular complexity index is 624. The van der Waals surface area contributed by atoms with Crippen LogP contribution < -0.4 is 10.6 Å². The molecule has 2 aromatic carbocycles. The van der Waals surface area contributed by atoms with E-state index < -0.39 is 0 Å². The normalized spacial score (nSPS) is 15.8. The predicted octanol–water partition coefficient (Wildman–Crippen LogP) is 3.32. The van der Waals surface area contributed by atoms with Crippen molar-refractivity contribution in [1.82, 2.24) is 15.5 Å². The molecule has 4 nitrogen and oxygen atoms in total. The van der Waals surface area contributed by atoms with Gasteiger partial charge in [0.2, 0.25) is 0 Å². The smallest absolute Gasteiger partial charge is 0.315 e. The Kier molecular flexibility index (Phi) is 5.85. The molecule has 0 aliphatic carbocycles.